The number of hydrogen-bond donors (Lipinski definition) is 19. The highest BCUT2D eigenvalue weighted by Crippen LogP contribution is 2.09. The Morgan fingerprint density at radius 1 is 0.478 bits per heavy atom. The molecule has 0 heterocycles. The lowest BCUT2D eigenvalue weighted by Crippen LogP contribution is -2.61. The summed E-state index contributed by atoms with van der Waals surface area (Å²) >= 11 is 16.4. The van der Waals surface area contributed by atoms with Crippen molar-refractivity contribution in [3.63, 3.8) is 0 Å². The van der Waals surface area contributed by atoms with Gasteiger partial charge in [0.25, 0.3) is 0 Å². The van der Waals surface area contributed by atoms with E-state index in [1.807, 2.05) is 0 Å². The molecule has 19 N–H and O–H groups in total. The van der Waals surface area contributed by atoms with E-state index in [1.165, 1.54) is 0 Å². The van der Waals surface area contributed by atoms with E-state index in [2.05, 4.69) is 93.0 Å². The van der Waals surface area contributed by atoms with Crippen LogP contribution in [0, 0.1) is 0 Å². The Hall–Kier alpha value is -4.59. The number of carboxylic acid groups (broad SMARTS) is 2. The highest BCUT2D eigenvalue weighted by molar-refractivity contribution is 7.80. The molecule has 0 saturated carbocycles. The third-order valence-corrected chi connectivity index (χ3v) is 11.0. The minimum atomic E-state index is -1.81. The maximum atomic E-state index is 13.9. The predicted molar refractivity (Wildman–Crippen MR) is 255 cm³/mol. The van der Waals surface area contributed by atoms with Gasteiger partial charge in [0.1, 0.15) is 42.3 Å². The van der Waals surface area contributed by atoms with E-state index in [4.69, 9.17) is 22.9 Å². The summed E-state index contributed by atoms with van der Waals surface area (Å²) in [5.41, 5.74) is 22.0. The van der Waals surface area contributed by atoms with Crippen molar-refractivity contribution in [2.45, 2.75) is 125 Å². The number of hydrogen-bond acceptors (Lipinski definition) is 19. The molecule has 0 aliphatic heterocycles. The molecule has 0 bridgehead atoms. The summed E-state index contributed by atoms with van der Waals surface area (Å²) in [5.74, 6) is -12.5. The molecule has 0 fully saturated rings. The third-order valence-electron chi connectivity index (χ3n) is 9.51. The van der Waals surface area contributed by atoms with Gasteiger partial charge in [-0.2, -0.15) is 50.5 Å². The minimum absolute atomic E-state index is 0.0250. The smallest absolute Gasteiger partial charge is 0.328 e. The number of amides is 9. The number of aliphatic carboxylic acids is 2. The molecule has 30 heteroatoms. The number of aliphatic hydroxyl groups is 1. The van der Waals surface area contributed by atoms with Crippen LogP contribution in [0.1, 0.15) is 64.7 Å². The molecule has 0 aliphatic carbocycles. The van der Waals surface area contributed by atoms with Gasteiger partial charge in [0.2, 0.25) is 53.2 Å². The zero-order chi connectivity index (χ0) is 51.4. The first kappa shape index (κ1) is 62.4. The van der Waals surface area contributed by atoms with Gasteiger partial charge in [-0.1, -0.05) is 0 Å². The summed E-state index contributed by atoms with van der Waals surface area (Å²) in [7, 11) is 0. The Bertz CT molecular complexity index is 1700. The van der Waals surface area contributed by atoms with E-state index >= 15 is 0 Å². The number of carbonyl (C=O) groups excluding carboxylic acids is 9. The second kappa shape index (κ2) is 33.8. The normalized spacial score (nSPS) is 15.5. The molecule has 0 rings (SSSR count). The van der Waals surface area contributed by atoms with Crippen molar-refractivity contribution >= 4 is 116 Å². The van der Waals surface area contributed by atoms with Crippen molar-refractivity contribution in [1.29, 1.82) is 0 Å². The number of nitrogens with one attached hydrogen (secondary N) is 8. The standard InChI is InChI=1S/C37H66N12O14S4/c1-17(50)28(37(62)63)49-32(57)21(8-9-27(52)53)44-31(56)19(6-2-4-10-38)42-30(55)20(7-3-5-11-39)43-33(58)23(14-65)46-35(60)25(16-67)48-36(61)24(15-66)47-34(59)22(13-64)45-29(54)18(40)12-26(41)51/h17-25,28,50,64-67H,2-16,38-40H2,1H3,(H2,41,51)(H,42,55)(H,43,58)(H,44,56)(H,45,54)(H,46,60)(H,47,59)(H,48,61)(H,49,57)(H,52,53)(H,62,63)/t17-,18+,19+,20+,21+,22+,23+,24+,25+,28+/m1/s1. The summed E-state index contributed by atoms with van der Waals surface area (Å²) in [4.78, 5) is 140. The molecule has 382 valence electrons. The van der Waals surface area contributed by atoms with Gasteiger partial charge < -0.3 is 80.8 Å². The van der Waals surface area contributed by atoms with E-state index < -0.39 is 145 Å². The van der Waals surface area contributed by atoms with Crippen LogP contribution in [0.25, 0.3) is 0 Å². The first-order valence-electron chi connectivity index (χ1n) is 20.9. The van der Waals surface area contributed by atoms with Gasteiger partial charge in [-0.3, -0.25) is 47.9 Å². The molecule has 26 nitrogen and oxygen atoms in total. The SMILES string of the molecule is C[C@@H](O)[C@H](NC(=O)[C@H](CCC(=O)O)NC(=O)[C@H](CCCCN)NC(=O)[C@H](CCCCN)NC(=O)[C@H](CS)NC(=O)[C@H](CS)NC(=O)[C@H](CS)NC(=O)[C@H](CS)NC(=O)[C@@H](N)CC(N)=O)C(=O)O. The predicted octanol–water partition coefficient (Wildman–Crippen LogP) is -6.63. The highest BCUT2D eigenvalue weighted by atomic mass is 32.1. The zero-order valence-corrected chi connectivity index (χ0v) is 40.4. The lowest BCUT2D eigenvalue weighted by atomic mass is 10.0. The molecule has 0 aromatic heterocycles. The number of carbonyl (C=O) groups is 11. The number of unbranched alkanes of at least 4 members (excludes halogenated alkanes) is 2. The number of aliphatic hydroxyl groups excluding tert-OH is 1. The molecule has 0 radical (unpaired) electrons. The Morgan fingerprint density at radius 3 is 1.06 bits per heavy atom. The Kier molecular flexibility index (Phi) is 31.5. The average Bonchev–Trinajstić information content (AvgIpc) is 3.26. The Labute approximate surface area is 408 Å². The van der Waals surface area contributed by atoms with Gasteiger partial charge in [-0.05, 0) is 65.0 Å². The van der Waals surface area contributed by atoms with Gasteiger partial charge in [-0.25, -0.2) is 4.79 Å². The van der Waals surface area contributed by atoms with E-state index in [0.717, 1.165) is 6.92 Å². The van der Waals surface area contributed by atoms with Crippen LogP contribution in [0.3, 0.4) is 0 Å². The van der Waals surface area contributed by atoms with Crippen molar-refractivity contribution in [1.82, 2.24) is 42.5 Å². The zero-order valence-electron chi connectivity index (χ0n) is 36.8. The van der Waals surface area contributed by atoms with Gasteiger partial charge in [0, 0.05) is 29.4 Å². The van der Waals surface area contributed by atoms with Crippen LogP contribution in [-0.2, 0) is 52.7 Å². The fraction of sp³-hybridized carbons (Fsp3) is 0.703. The molecular weight excluding hydrogens is 965 g/mol. The van der Waals surface area contributed by atoms with Crippen LogP contribution in [-0.4, -0.2) is 177 Å². The summed E-state index contributed by atoms with van der Waals surface area (Å²) in [6, 6.07) is -13.1. The molecule has 9 amide bonds. The molecule has 10 atom stereocenters. The Balaban J connectivity index is 6.20. The van der Waals surface area contributed by atoms with Crippen LogP contribution < -0.4 is 65.5 Å². The highest BCUT2D eigenvalue weighted by Gasteiger charge is 2.35. The lowest BCUT2D eigenvalue weighted by Gasteiger charge is -2.27. The summed E-state index contributed by atoms with van der Waals surface area (Å²) in [5, 5.41) is 47.5. The topological polar surface area (TPSA) is 449 Å². The molecule has 67 heavy (non-hydrogen) atoms. The van der Waals surface area contributed by atoms with Crippen LogP contribution in [0.2, 0.25) is 0 Å². The van der Waals surface area contributed by atoms with Gasteiger partial charge in [0.05, 0.1) is 18.6 Å². The number of thiol groups is 4. The summed E-state index contributed by atoms with van der Waals surface area (Å²) < 4.78 is 0. The fourth-order valence-electron chi connectivity index (χ4n) is 5.70. The summed E-state index contributed by atoms with van der Waals surface area (Å²) in [6.45, 7) is 1.51. The summed E-state index contributed by atoms with van der Waals surface area (Å²) in [6.07, 6.45) is -1.94. The maximum Gasteiger partial charge on any atom is 0.328 e. The Morgan fingerprint density at radius 2 is 0.776 bits per heavy atom. The molecule has 0 aromatic rings. The van der Waals surface area contributed by atoms with Crippen molar-refractivity contribution in [3.05, 3.63) is 0 Å². The van der Waals surface area contributed by atoms with Crippen molar-refractivity contribution < 1.29 is 68.1 Å². The van der Waals surface area contributed by atoms with Crippen molar-refractivity contribution in [2.75, 3.05) is 36.1 Å². The monoisotopic (exact) mass is 1030 g/mol. The van der Waals surface area contributed by atoms with Crippen LogP contribution in [0.5, 0.6) is 0 Å². The first-order valence-corrected chi connectivity index (χ1v) is 23.5. The molecule has 0 aliphatic rings. The molecule has 0 spiro atoms. The maximum absolute atomic E-state index is 13.9. The quantitative estimate of drug-likeness (QED) is 0.0207. The molecular formula is C37H66N12O14S4. The van der Waals surface area contributed by atoms with Crippen molar-refractivity contribution in [2.24, 2.45) is 22.9 Å². The van der Waals surface area contributed by atoms with Gasteiger partial charge >= 0.3 is 11.9 Å². The molecule has 0 unspecified atom stereocenters. The van der Waals surface area contributed by atoms with Gasteiger partial charge in [0.15, 0.2) is 6.04 Å². The second-order valence-corrected chi connectivity index (χ2v) is 16.5. The van der Waals surface area contributed by atoms with Crippen molar-refractivity contribution in [3.8, 4) is 0 Å². The number of nitrogens with two attached hydrogens (primary N) is 4. The van der Waals surface area contributed by atoms with E-state index in [-0.39, 0.29) is 55.4 Å². The molecule has 0 aromatic carbocycles. The number of carboxylic acids is 2. The molecule has 0 saturated heterocycles. The fourth-order valence-corrected chi connectivity index (χ4v) is 6.73. The van der Waals surface area contributed by atoms with Gasteiger partial charge in [-0.15, -0.1) is 0 Å². The second-order valence-electron chi connectivity index (χ2n) is 15.0. The first-order chi connectivity index (χ1) is 31.5. The third kappa shape index (κ3) is 24.3. The van der Waals surface area contributed by atoms with E-state index in [9.17, 15) is 68.1 Å². The van der Waals surface area contributed by atoms with Crippen LogP contribution in [0.4, 0.5) is 0 Å². The van der Waals surface area contributed by atoms with Crippen LogP contribution in [0.15, 0.2) is 0 Å². The number of primary amides is 1. The average molecular weight is 1030 g/mol. The van der Waals surface area contributed by atoms with E-state index in [1.54, 1.807) is 0 Å². The van der Waals surface area contributed by atoms with Crippen LogP contribution >= 0.6 is 50.5 Å². The minimum Gasteiger partial charge on any atom is -0.481 e. The number of rotatable bonds is 35. The largest absolute Gasteiger partial charge is 0.481 e. The van der Waals surface area contributed by atoms with E-state index in [0.29, 0.717) is 19.3 Å². The lowest BCUT2D eigenvalue weighted by molar-refractivity contribution is -0.145.